The maximum Gasteiger partial charge on any atom is 0.225 e. The van der Waals surface area contributed by atoms with E-state index in [9.17, 15) is 4.79 Å². The molecule has 2 saturated heterocycles. The van der Waals surface area contributed by atoms with Crippen molar-refractivity contribution in [1.29, 1.82) is 0 Å². The number of likely N-dealkylation sites (tertiary alicyclic amines) is 2. The van der Waals surface area contributed by atoms with Gasteiger partial charge in [-0.3, -0.25) is 9.69 Å². The van der Waals surface area contributed by atoms with E-state index < -0.39 is 0 Å². The van der Waals surface area contributed by atoms with Gasteiger partial charge in [0.2, 0.25) is 5.91 Å². The number of hydrogen-bond donors (Lipinski definition) is 0. The monoisotopic (exact) mass is 479 g/mol. The second kappa shape index (κ2) is 10.8. The zero-order valence-corrected chi connectivity index (χ0v) is 20.7. The molecular weight excluding hydrogens is 446 g/mol. The minimum atomic E-state index is 0.148. The molecule has 3 aromatic heterocycles. The highest BCUT2D eigenvalue weighted by atomic mass is 32.2. The third-order valence-electron chi connectivity index (χ3n) is 6.98. The van der Waals surface area contributed by atoms with E-state index in [0.717, 1.165) is 86.9 Å². The normalized spacial score (nSPS) is 18.6. The Morgan fingerprint density at radius 3 is 2.62 bits per heavy atom. The number of imidazole rings is 1. The minimum absolute atomic E-state index is 0.148. The Morgan fingerprint density at radius 2 is 1.88 bits per heavy atom. The Labute approximate surface area is 205 Å². The largest absolute Gasteiger partial charge is 0.342 e. The molecule has 0 saturated carbocycles. The van der Waals surface area contributed by atoms with E-state index >= 15 is 0 Å². The first kappa shape index (κ1) is 23.2. The Balaban J connectivity index is 1.17. The van der Waals surface area contributed by atoms with E-state index in [4.69, 9.17) is 4.98 Å². The van der Waals surface area contributed by atoms with E-state index in [1.54, 1.807) is 6.20 Å². The fourth-order valence-electron chi connectivity index (χ4n) is 5.14. The van der Waals surface area contributed by atoms with Gasteiger partial charge in [-0.05, 0) is 69.0 Å². The van der Waals surface area contributed by atoms with E-state index in [-0.39, 0.29) is 5.92 Å². The van der Waals surface area contributed by atoms with Crippen LogP contribution >= 0.6 is 11.8 Å². The summed E-state index contributed by atoms with van der Waals surface area (Å²) in [5, 5.41) is 8.89. The van der Waals surface area contributed by atoms with Crippen LogP contribution in [0.15, 0.2) is 41.9 Å². The van der Waals surface area contributed by atoms with Gasteiger partial charge in [-0.1, -0.05) is 18.7 Å². The number of carbonyl (C=O) groups excluding carboxylic acids is 1. The summed E-state index contributed by atoms with van der Waals surface area (Å²) in [5.41, 5.74) is 3.12. The van der Waals surface area contributed by atoms with Crippen molar-refractivity contribution >= 4 is 28.8 Å². The van der Waals surface area contributed by atoms with Gasteiger partial charge in [0.25, 0.3) is 0 Å². The highest BCUT2D eigenvalue weighted by Gasteiger charge is 2.32. The van der Waals surface area contributed by atoms with Gasteiger partial charge in [0.05, 0.1) is 6.20 Å². The van der Waals surface area contributed by atoms with Crippen LogP contribution in [0.2, 0.25) is 0 Å². The van der Waals surface area contributed by atoms with Crippen LogP contribution in [0.5, 0.6) is 0 Å². The number of hydrogen-bond acceptors (Lipinski definition) is 7. The van der Waals surface area contributed by atoms with Crippen molar-refractivity contribution < 1.29 is 4.79 Å². The zero-order chi connectivity index (χ0) is 23.3. The average molecular weight is 480 g/mol. The Kier molecular flexibility index (Phi) is 7.39. The number of nitrogens with zero attached hydrogens (tertiary/aromatic N) is 7. The Hall–Kier alpha value is -2.52. The fraction of sp³-hybridized carbons (Fsp3) is 0.560. The number of carbonyl (C=O) groups is 1. The summed E-state index contributed by atoms with van der Waals surface area (Å²) < 4.78 is 2.34. The molecule has 2 aliphatic rings. The number of piperidine rings is 2. The predicted molar refractivity (Wildman–Crippen MR) is 133 cm³/mol. The van der Waals surface area contributed by atoms with Crippen molar-refractivity contribution in [3.05, 3.63) is 42.4 Å². The van der Waals surface area contributed by atoms with E-state index in [2.05, 4.69) is 36.5 Å². The lowest BCUT2D eigenvalue weighted by atomic mass is 9.93. The highest BCUT2D eigenvalue weighted by Crippen LogP contribution is 2.33. The van der Waals surface area contributed by atoms with Crippen molar-refractivity contribution in [2.45, 2.75) is 56.8 Å². The maximum atomic E-state index is 13.3. The third-order valence-corrected chi connectivity index (χ3v) is 8.14. The van der Waals surface area contributed by atoms with Crippen LogP contribution in [-0.2, 0) is 11.3 Å². The number of rotatable bonds is 7. The summed E-state index contributed by atoms with van der Waals surface area (Å²) in [5.74, 6) is 1.55. The number of aromatic nitrogens is 5. The third kappa shape index (κ3) is 5.10. The molecule has 0 atom stereocenters. The van der Waals surface area contributed by atoms with Gasteiger partial charge in [0, 0.05) is 49.7 Å². The lowest BCUT2D eigenvalue weighted by Gasteiger charge is -2.37. The summed E-state index contributed by atoms with van der Waals surface area (Å²) in [7, 11) is 0. The molecule has 2 fully saturated rings. The number of amides is 1. The van der Waals surface area contributed by atoms with Crippen molar-refractivity contribution in [1.82, 2.24) is 34.5 Å². The molecule has 9 heteroatoms. The lowest BCUT2D eigenvalue weighted by Crippen LogP contribution is -2.45. The van der Waals surface area contributed by atoms with Gasteiger partial charge in [-0.15, -0.1) is 0 Å². The van der Waals surface area contributed by atoms with Crippen LogP contribution in [0.3, 0.4) is 0 Å². The standard InChI is InChI=1S/C25H33N7OS/c1-2-16-34-25-29-22-4-3-10-26-23(22)32(25)21-8-14-31(15-9-21)24(33)20-6-12-30(13-7-20)18-19-5-11-27-28-17-19/h3-5,10-11,17,20-21H,2,6-9,12-16,18H2,1H3. The number of fused-ring (bicyclic) bond motifs is 1. The first-order chi connectivity index (χ1) is 16.7. The molecule has 5 heterocycles. The smallest absolute Gasteiger partial charge is 0.225 e. The van der Waals surface area contributed by atoms with Crippen molar-refractivity contribution in [3.8, 4) is 0 Å². The van der Waals surface area contributed by atoms with Crippen LogP contribution in [-0.4, -0.2) is 72.4 Å². The summed E-state index contributed by atoms with van der Waals surface area (Å²) in [6.45, 7) is 6.63. The molecule has 180 valence electrons. The second-order valence-electron chi connectivity index (χ2n) is 9.32. The van der Waals surface area contributed by atoms with Gasteiger partial charge in [-0.2, -0.15) is 10.2 Å². The van der Waals surface area contributed by atoms with E-state index in [1.807, 2.05) is 42.4 Å². The van der Waals surface area contributed by atoms with Gasteiger partial charge < -0.3 is 9.47 Å². The number of thioether (sulfide) groups is 1. The molecule has 0 N–H and O–H groups in total. The molecule has 0 aromatic carbocycles. The molecule has 2 aliphatic heterocycles. The molecule has 0 spiro atoms. The molecule has 5 rings (SSSR count). The van der Waals surface area contributed by atoms with Crippen LogP contribution in [0.4, 0.5) is 0 Å². The number of pyridine rings is 1. The minimum Gasteiger partial charge on any atom is -0.342 e. The van der Waals surface area contributed by atoms with Crippen LogP contribution < -0.4 is 0 Å². The quantitative estimate of drug-likeness (QED) is 0.477. The SMILES string of the molecule is CCCSc1nc2cccnc2n1C1CCN(C(=O)C2CCN(Cc3ccnnc3)CC2)CC1. The lowest BCUT2D eigenvalue weighted by molar-refractivity contribution is -0.138. The van der Waals surface area contributed by atoms with Crippen molar-refractivity contribution in [2.24, 2.45) is 5.92 Å². The average Bonchev–Trinajstić information content (AvgIpc) is 3.26. The van der Waals surface area contributed by atoms with Gasteiger partial charge in [0.1, 0.15) is 5.52 Å². The molecule has 0 unspecified atom stereocenters. The van der Waals surface area contributed by atoms with E-state index in [1.165, 1.54) is 5.56 Å². The highest BCUT2D eigenvalue weighted by molar-refractivity contribution is 7.99. The van der Waals surface area contributed by atoms with Crippen LogP contribution in [0, 0.1) is 5.92 Å². The Morgan fingerprint density at radius 1 is 1.06 bits per heavy atom. The molecule has 3 aromatic rings. The summed E-state index contributed by atoms with van der Waals surface area (Å²) in [6.07, 6.45) is 10.3. The summed E-state index contributed by atoms with van der Waals surface area (Å²) in [4.78, 5) is 27.3. The molecule has 8 nitrogen and oxygen atoms in total. The van der Waals surface area contributed by atoms with Gasteiger partial charge >= 0.3 is 0 Å². The maximum absolute atomic E-state index is 13.3. The Bertz CT molecular complexity index is 1090. The molecule has 0 bridgehead atoms. The molecule has 34 heavy (non-hydrogen) atoms. The van der Waals surface area contributed by atoms with Crippen molar-refractivity contribution in [3.63, 3.8) is 0 Å². The molecule has 0 aliphatic carbocycles. The zero-order valence-electron chi connectivity index (χ0n) is 19.8. The van der Waals surface area contributed by atoms with Gasteiger partial charge in [-0.25, -0.2) is 9.97 Å². The predicted octanol–water partition coefficient (Wildman–Crippen LogP) is 3.80. The van der Waals surface area contributed by atoms with Crippen LogP contribution in [0.25, 0.3) is 11.2 Å². The molecular formula is C25H33N7OS. The topological polar surface area (TPSA) is 80.0 Å². The molecule has 0 radical (unpaired) electrons. The van der Waals surface area contributed by atoms with Gasteiger partial charge in [0.15, 0.2) is 10.8 Å². The van der Waals surface area contributed by atoms with E-state index in [0.29, 0.717) is 11.9 Å². The summed E-state index contributed by atoms with van der Waals surface area (Å²) in [6, 6.07) is 6.36. The fourth-order valence-corrected chi connectivity index (χ4v) is 6.07. The van der Waals surface area contributed by atoms with Crippen LogP contribution in [0.1, 0.15) is 50.6 Å². The van der Waals surface area contributed by atoms with Crippen molar-refractivity contribution in [2.75, 3.05) is 31.9 Å². The second-order valence-corrected chi connectivity index (χ2v) is 10.4. The first-order valence-electron chi connectivity index (χ1n) is 12.5. The molecule has 1 amide bonds. The first-order valence-corrected chi connectivity index (χ1v) is 13.4. The summed E-state index contributed by atoms with van der Waals surface area (Å²) >= 11 is 1.82.